The molecule has 0 fully saturated rings. The van der Waals surface area contributed by atoms with Crippen LogP contribution in [0.1, 0.15) is 34.1 Å². The molecule has 0 aliphatic heterocycles. The summed E-state index contributed by atoms with van der Waals surface area (Å²) in [5.74, 6) is 0.433. The molecule has 0 aliphatic carbocycles. The fourth-order valence-electron chi connectivity index (χ4n) is 1.67. The summed E-state index contributed by atoms with van der Waals surface area (Å²) >= 11 is 0. The van der Waals surface area contributed by atoms with E-state index in [0.29, 0.717) is 0 Å². The highest BCUT2D eigenvalue weighted by Crippen LogP contribution is 2.33. The van der Waals surface area contributed by atoms with E-state index in [2.05, 4.69) is 27.7 Å². The Morgan fingerprint density at radius 2 is 1.58 bits per heavy atom. The Morgan fingerprint density at radius 3 is 1.67 bits per heavy atom. The fourth-order valence-corrected chi connectivity index (χ4v) is 1.67. The van der Waals surface area contributed by atoms with E-state index in [-0.39, 0.29) is 30.5 Å². The van der Waals surface area contributed by atoms with Gasteiger partial charge in [-0.1, -0.05) is 34.1 Å². The zero-order chi connectivity index (χ0) is 9.78. The van der Waals surface area contributed by atoms with Crippen LogP contribution in [0, 0.1) is 17.3 Å². The summed E-state index contributed by atoms with van der Waals surface area (Å²) in [6.45, 7) is 8.71. The van der Waals surface area contributed by atoms with Gasteiger partial charge in [0.05, 0.1) is 0 Å². The summed E-state index contributed by atoms with van der Waals surface area (Å²) in [7, 11) is 0. The normalized spacial score (nSPS) is 17.5. The predicted molar refractivity (Wildman–Crippen MR) is 50.9 cm³/mol. The molecule has 0 aliphatic rings. The monoisotopic (exact) mass is 174 g/mol. The number of hydrogen-bond donors (Lipinski definition) is 2. The van der Waals surface area contributed by atoms with E-state index >= 15 is 0 Å². The minimum Gasteiger partial charge on any atom is -0.396 e. The van der Waals surface area contributed by atoms with Crippen molar-refractivity contribution < 1.29 is 10.2 Å². The van der Waals surface area contributed by atoms with E-state index < -0.39 is 0 Å². The van der Waals surface area contributed by atoms with Crippen molar-refractivity contribution in [1.82, 2.24) is 0 Å². The summed E-state index contributed by atoms with van der Waals surface area (Å²) in [6.07, 6.45) is 0.930. The Kier molecular flexibility index (Phi) is 4.80. The van der Waals surface area contributed by atoms with Crippen molar-refractivity contribution in [2.75, 3.05) is 13.2 Å². The van der Waals surface area contributed by atoms with Crippen LogP contribution in [0.15, 0.2) is 0 Å². The van der Waals surface area contributed by atoms with Crippen LogP contribution in [0.4, 0.5) is 0 Å². The van der Waals surface area contributed by atoms with Gasteiger partial charge in [-0.05, 0) is 17.3 Å². The van der Waals surface area contributed by atoms with E-state index in [4.69, 9.17) is 5.11 Å². The molecule has 0 rings (SSSR count). The third kappa shape index (κ3) is 3.11. The smallest absolute Gasteiger partial charge is 0.0467 e. The number of hydrogen-bond acceptors (Lipinski definition) is 2. The van der Waals surface area contributed by atoms with Gasteiger partial charge in [-0.25, -0.2) is 0 Å². The second-order valence-electron chi connectivity index (χ2n) is 4.51. The van der Waals surface area contributed by atoms with Gasteiger partial charge in [-0.15, -0.1) is 0 Å². The van der Waals surface area contributed by atoms with E-state index in [0.717, 1.165) is 6.42 Å². The van der Waals surface area contributed by atoms with Crippen molar-refractivity contribution in [3.63, 3.8) is 0 Å². The molecule has 0 aromatic carbocycles. The topological polar surface area (TPSA) is 40.5 Å². The minimum absolute atomic E-state index is 0.0815. The molecular weight excluding hydrogens is 152 g/mol. The van der Waals surface area contributed by atoms with Gasteiger partial charge >= 0.3 is 0 Å². The van der Waals surface area contributed by atoms with Gasteiger partial charge in [-0.3, -0.25) is 0 Å². The lowest BCUT2D eigenvalue weighted by atomic mass is 9.73. The molecule has 2 heteroatoms. The van der Waals surface area contributed by atoms with Gasteiger partial charge in [0.1, 0.15) is 0 Å². The Bertz CT molecular complexity index is 111. The summed E-state index contributed by atoms with van der Waals surface area (Å²) in [6, 6.07) is 0. The molecule has 0 aromatic heterocycles. The average Bonchev–Trinajstić information content (AvgIpc) is 1.97. The maximum absolute atomic E-state index is 9.18. The van der Waals surface area contributed by atoms with Crippen LogP contribution in [0.25, 0.3) is 0 Å². The van der Waals surface area contributed by atoms with Gasteiger partial charge in [0.2, 0.25) is 0 Å². The van der Waals surface area contributed by atoms with Crippen molar-refractivity contribution in [2.45, 2.75) is 34.1 Å². The number of rotatable bonds is 4. The first-order valence-electron chi connectivity index (χ1n) is 4.69. The minimum atomic E-state index is 0.0815. The van der Waals surface area contributed by atoms with Crippen LogP contribution in [-0.2, 0) is 0 Å². The zero-order valence-electron chi connectivity index (χ0n) is 8.67. The third-order valence-corrected chi connectivity index (χ3v) is 2.64. The third-order valence-electron chi connectivity index (χ3n) is 2.64. The van der Waals surface area contributed by atoms with Crippen molar-refractivity contribution in [2.24, 2.45) is 17.3 Å². The van der Waals surface area contributed by atoms with E-state index in [1.165, 1.54) is 0 Å². The van der Waals surface area contributed by atoms with Crippen molar-refractivity contribution in [1.29, 1.82) is 0 Å². The van der Waals surface area contributed by atoms with Crippen LogP contribution < -0.4 is 0 Å². The van der Waals surface area contributed by atoms with E-state index in [1.54, 1.807) is 0 Å². The molecule has 0 heterocycles. The quantitative estimate of drug-likeness (QED) is 0.680. The summed E-state index contributed by atoms with van der Waals surface area (Å²) in [5.41, 5.74) is 0.0815. The average molecular weight is 174 g/mol. The summed E-state index contributed by atoms with van der Waals surface area (Å²) < 4.78 is 0. The van der Waals surface area contributed by atoms with Crippen LogP contribution >= 0.6 is 0 Å². The highest BCUT2D eigenvalue weighted by molar-refractivity contribution is 4.78. The van der Waals surface area contributed by atoms with Crippen molar-refractivity contribution in [3.05, 3.63) is 0 Å². The van der Waals surface area contributed by atoms with Gasteiger partial charge < -0.3 is 10.2 Å². The molecule has 12 heavy (non-hydrogen) atoms. The maximum atomic E-state index is 9.18. The molecule has 0 spiro atoms. The van der Waals surface area contributed by atoms with Gasteiger partial charge in [-0.2, -0.15) is 0 Å². The molecule has 0 saturated carbocycles. The molecule has 2 atom stereocenters. The van der Waals surface area contributed by atoms with Crippen molar-refractivity contribution in [3.8, 4) is 0 Å². The lowest BCUT2D eigenvalue weighted by Gasteiger charge is -2.34. The molecule has 0 amide bonds. The molecule has 74 valence electrons. The van der Waals surface area contributed by atoms with Gasteiger partial charge in [0.15, 0.2) is 0 Å². The predicted octanol–water partition coefficient (Wildman–Crippen LogP) is 1.66. The summed E-state index contributed by atoms with van der Waals surface area (Å²) in [4.78, 5) is 0. The Labute approximate surface area is 75.6 Å². The second-order valence-corrected chi connectivity index (χ2v) is 4.51. The van der Waals surface area contributed by atoms with Crippen LogP contribution in [0.2, 0.25) is 0 Å². The Balaban J connectivity index is 4.31. The lowest BCUT2D eigenvalue weighted by molar-refractivity contribution is 0.0451. The van der Waals surface area contributed by atoms with Gasteiger partial charge in [0, 0.05) is 13.2 Å². The molecular formula is C10H22O2. The Morgan fingerprint density at radius 1 is 1.08 bits per heavy atom. The second kappa shape index (κ2) is 4.83. The highest BCUT2D eigenvalue weighted by Gasteiger charge is 2.29. The van der Waals surface area contributed by atoms with Gasteiger partial charge in [0.25, 0.3) is 0 Å². The largest absolute Gasteiger partial charge is 0.396 e. The van der Waals surface area contributed by atoms with Crippen LogP contribution in [0.5, 0.6) is 0 Å². The molecule has 2 N–H and O–H groups in total. The molecule has 0 radical (unpaired) electrons. The molecule has 0 saturated heterocycles. The first-order valence-corrected chi connectivity index (χ1v) is 4.69. The van der Waals surface area contributed by atoms with Crippen LogP contribution in [-0.4, -0.2) is 23.4 Å². The molecule has 2 unspecified atom stereocenters. The standard InChI is InChI=1S/C10H22O2/c1-5-8(6-11)9(7-12)10(2,3)4/h8-9,11-12H,5-7H2,1-4H3. The number of aliphatic hydroxyl groups is 2. The number of aliphatic hydroxyl groups excluding tert-OH is 2. The lowest BCUT2D eigenvalue weighted by Crippen LogP contribution is -2.32. The maximum Gasteiger partial charge on any atom is 0.0467 e. The fraction of sp³-hybridized carbons (Fsp3) is 1.00. The first-order chi connectivity index (χ1) is 5.47. The first kappa shape index (κ1) is 11.9. The zero-order valence-corrected chi connectivity index (χ0v) is 8.67. The van der Waals surface area contributed by atoms with E-state index in [9.17, 15) is 5.11 Å². The SMILES string of the molecule is CCC(CO)C(CO)C(C)(C)C. The summed E-state index contributed by atoms with van der Waals surface area (Å²) in [5, 5.41) is 18.3. The molecule has 0 aromatic rings. The molecule has 0 bridgehead atoms. The van der Waals surface area contributed by atoms with Crippen LogP contribution in [0.3, 0.4) is 0 Å². The molecule has 2 nitrogen and oxygen atoms in total. The highest BCUT2D eigenvalue weighted by atomic mass is 16.3. The Hall–Kier alpha value is -0.0800. The van der Waals surface area contributed by atoms with Crippen molar-refractivity contribution >= 4 is 0 Å². The van der Waals surface area contributed by atoms with E-state index in [1.807, 2.05) is 0 Å².